The number of benzene rings is 1. The van der Waals surface area contributed by atoms with Crippen molar-refractivity contribution in [3.8, 4) is 0 Å². The Balaban J connectivity index is 1.85. The second kappa shape index (κ2) is 5.12. The van der Waals surface area contributed by atoms with Crippen LogP contribution in [0.2, 0.25) is 0 Å². The first-order chi connectivity index (χ1) is 11.3. The van der Waals surface area contributed by atoms with Crippen LogP contribution in [0.5, 0.6) is 0 Å². The third-order valence-electron chi connectivity index (χ3n) is 4.64. The van der Waals surface area contributed by atoms with Crippen molar-refractivity contribution in [1.82, 2.24) is 14.9 Å². The van der Waals surface area contributed by atoms with Gasteiger partial charge in [0.1, 0.15) is 5.82 Å². The zero-order valence-corrected chi connectivity index (χ0v) is 13.2. The molecule has 1 N–H and O–H groups in total. The van der Waals surface area contributed by atoms with E-state index in [1.54, 1.807) is 4.90 Å². The summed E-state index contributed by atoms with van der Waals surface area (Å²) in [6.07, 6.45) is -0.464. The van der Waals surface area contributed by atoms with E-state index in [0.29, 0.717) is 23.5 Å². The molecule has 1 aromatic carbocycles. The molecule has 0 unspecified atom stereocenters. The van der Waals surface area contributed by atoms with Crippen LogP contribution in [0, 0.1) is 5.82 Å². The number of amides is 1. The fraction of sp³-hybridized carbons (Fsp3) is 0.500. The molecule has 128 valence electrons. The van der Waals surface area contributed by atoms with Crippen molar-refractivity contribution >= 4 is 22.9 Å². The zero-order chi connectivity index (χ0) is 17.1. The van der Waals surface area contributed by atoms with Gasteiger partial charge in [-0.15, -0.1) is 0 Å². The Morgan fingerprint density at radius 2 is 2.00 bits per heavy atom. The second-order valence-corrected chi connectivity index (χ2v) is 6.56. The minimum Gasteiger partial charge on any atom is -0.348 e. The number of anilines is 1. The van der Waals surface area contributed by atoms with E-state index >= 15 is 0 Å². The van der Waals surface area contributed by atoms with E-state index in [0.717, 1.165) is 0 Å². The fourth-order valence-electron chi connectivity index (χ4n) is 3.46. The number of carbonyl (C=O) groups is 1. The van der Waals surface area contributed by atoms with Crippen molar-refractivity contribution in [3.63, 3.8) is 0 Å². The largest absolute Gasteiger partial charge is 0.348 e. The van der Waals surface area contributed by atoms with E-state index in [4.69, 9.17) is 0 Å². The van der Waals surface area contributed by atoms with Gasteiger partial charge in [-0.2, -0.15) is 0 Å². The van der Waals surface area contributed by atoms with Crippen molar-refractivity contribution in [2.75, 3.05) is 18.0 Å². The van der Waals surface area contributed by atoms with Crippen LogP contribution >= 0.6 is 0 Å². The zero-order valence-electron chi connectivity index (χ0n) is 13.2. The van der Waals surface area contributed by atoms with Gasteiger partial charge in [0.25, 0.3) is 11.8 Å². The molecule has 0 aliphatic carbocycles. The molecule has 0 bridgehead atoms. The Kier molecular flexibility index (Phi) is 3.26. The Bertz CT molecular complexity index is 822. The first-order valence-corrected chi connectivity index (χ1v) is 7.97. The Labute approximate surface area is 136 Å². The smallest absolute Gasteiger partial charge is 0.253 e. The number of hydrogen-bond donors (Lipinski definition) is 1. The van der Waals surface area contributed by atoms with Gasteiger partial charge in [0.2, 0.25) is 5.95 Å². The highest BCUT2D eigenvalue weighted by Crippen LogP contribution is 2.33. The van der Waals surface area contributed by atoms with Crippen molar-refractivity contribution in [3.05, 3.63) is 23.5 Å². The first kappa shape index (κ1) is 15.3. The van der Waals surface area contributed by atoms with Gasteiger partial charge in [0.05, 0.1) is 16.6 Å². The summed E-state index contributed by atoms with van der Waals surface area (Å²) in [5.74, 6) is -3.01. The molecule has 2 aliphatic heterocycles. The van der Waals surface area contributed by atoms with E-state index in [1.165, 1.54) is 12.1 Å². The Morgan fingerprint density at radius 1 is 1.29 bits per heavy atom. The molecule has 1 atom stereocenters. The molecule has 0 spiro atoms. The van der Waals surface area contributed by atoms with Crippen molar-refractivity contribution in [2.45, 2.75) is 38.3 Å². The lowest BCUT2D eigenvalue weighted by Crippen LogP contribution is -2.41. The second-order valence-electron chi connectivity index (χ2n) is 6.56. The van der Waals surface area contributed by atoms with Crippen LogP contribution < -0.4 is 10.2 Å². The van der Waals surface area contributed by atoms with Gasteiger partial charge >= 0.3 is 0 Å². The van der Waals surface area contributed by atoms with E-state index in [9.17, 15) is 18.0 Å². The van der Waals surface area contributed by atoms with Gasteiger partial charge in [-0.25, -0.2) is 18.2 Å². The summed E-state index contributed by atoms with van der Waals surface area (Å²) in [4.78, 5) is 18.5. The summed E-state index contributed by atoms with van der Waals surface area (Å²) in [5, 5.41) is 2.81. The van der Waals surface area contributed by atoms with Gasteiger partial charge in [-0.1, -0.05) is 0 Å². The average Bonchev–Trinajstić information content (AvgIpc) is 2.78. The van der Waals surface area contributed by atoms with Crippen molar-refractivity contribution in [1.29, 1.82) is 0 Å². The molecule has 2 aliphatic rings. The van der Waals surface area contributed by atoms with Crippen LogP contribution in [-0.2, 0) is 6.54 Å². The predicted octanol–water partition coefficient (Wildman–Crippen LogP) is 2.54. The standard InChI is InChI=1S/C16H17F3N4O/c1-9-8-23-13-11(14(24)20-9)6-10(17)7-12(13)21-15(23)22-4-2-16(18,19)3-5-22/h6-7,9H,2-5,8H2,1H3,(H,20,24)/t9-/m0/s1. The van der Waals surface area contributed by atoms with Gasteiger partial charge in [-0.3, -0.25) is 4.79 Å². The van der Waals surface area contributed by atoms with Gasteiger partial charge in [0, 0.05) is 44.6 Å². The van der Waals surface area contributed by atoms with Crippen LogP contribution in [0.4, 0.5) is 19.1 Å². The summed E-state index contributed by atoms with van der Waals surface area (Å²) in [6, 6.07) is 2.30. The number of carbonyl (C=O) groups excluding carboxylic acids is 1. The van der Waals surface area contributed by atoms with Gasteiger partial charge in [0.15, 0.2) is 0 Å². The molecule has 0 radical (unpaired) electrons. The molecule has 8 heteroatoms. The summed E-state index contributed by atoms with van der Waals surface area (Å²) in [6.45, 7) is 2.68. The number of nitrogens with zero attached hydrogens (tertiary/aromatic N) is 3. The summed E-state index contributed by atoms with van der Waals surface area (Å²) < 4.78 is 42.6. The molecule has 1 saturated heterocycles. The van der Waals surface area contributed by atoms with E-state index in [-0.39, 0.29) is 43.4 Å². The normalized spacial score (nSPS) is 23.2. The molecule has 4 rings (SSSR count). The van der Waals surface area contributed by atoms with Crippen molar-refractivity contribution < 1.29 is 18.0 Å². The molecule has 1 fully saturated rings. The molecule has 5 nitrogen and oxygen atoms in total. The minimum absolute atomic E-state index is 0.171. The first-order valence-electron chi connectivity index (χ1n) is 7.97. The topological polar surface area (TPSA) is 50.2 Å². The number of imidazole rings is 1. The molecule has 3 heterocycles. The maximum Gasteiger partial charge on any atom is 0.253 e. The summed E-state index contributed by atoms with van der Waals surface area (Å²) in [7, 11) is 0. The quantitative estimate of drug-likeness (QED) is 0.869. The van der Waals surface area contributed by atoms with E-state index in [2.05, 4.69) is 10.3 Å². The van der Waals surface area contributed by atoms with Crippen LogP contribution in [0.1, 0.15) is 30.1 Å². The molecular weight excluding hydrogens is 321 g/mol. The van der Waals surface area contributed by atoms with Crippen LogP contribution in [0.15, 0.2) is 12.1 Å². The number of nitrogens with one attached hydrogen (secondary N) is 1. The fourth-order valence-corrected chi connectivity index (χ4v) is 3.46. The lowest BCUT2D eigenvalue weighted by atomic mass is 10.1. The third kappa shape index (κ3) is 2.40. The molecule has 0 saturated carbocycles. The minimum atomic E-state index is -2.65. The molecule has 1 amide bonds. The van der Waals surface area contributed by atoms with E-state index < -0.39 is 11.7 Å². The molecule has 1 aromatic heterocycles. The number of alkyl halides is 2. The summed E-state index contributed by atoms with van der Waals surface area (Å²) in [5.41, 5.74) is 1.17. The lowest BCUT2D eigenvalue weighted by Gasteiger charge is -2.33. The van der Waals surface area contributed by atoms with Crippen LogP contribution in [0.25, 0.3) is 11.0 Å². The third-order valence-corrected chi connectivity index (χ3v) is 4.64. The maximum absolute atomic E-state index is 13.9. The van der Waals surface area contributed by atoms with Crippen LogP contribution in [-0.4, -0.2) is 40.5 Å². The Morgan fingerprint density at radius 3 is 2.71 bits per heavy atom. The highest BCUT2D eigenvalue weighted by Gasteiger charge is 2.36. The van der Waals surface area contributed by atoms with Crippen LogP contribution in [0.3, 0.4) is 0 Å². The highest BCUT2D eigenvalue weighted by molar-refractivity contribution is 6.06. The molecule has 24 heavy (non-hydrogen) atoms. The average molecular weight is 338 g/mol. The van der Waals surface area contributed by atoms with Gasteiger partial charge < -0.3 is 14.8 Å². The number of rotatable bonds is 1. The number of hydrogen-bond acceptors (Lipinski definition) is 3. The SMILES string of the molecule is C[C@H]1Cn2c(N3CCC(F)(F)CC3)nc3cc(F)cc(c32)C(=O)N1. The summed E-state index contributed by atoms with van der Waals surface area (Å²) >= 11 is 0. The Hall–Kier alpha value is -2.25. The predicted molar refractivity (Wildman–Crippen MR) is 83.0 cm³/mol. The number of piperidine rings is 1. The highest BCUT2D eigenvalue weighted by atomic mass is 19.3. The van der Waals surface area contributed by atoms with Gasteiger partial charge in [-0.05, 0) is 13.0 Å². The number of aromatic nitrogens is 2. The lowest BCUT2D eigenvalue weighted by molar-refractivity contribution is -0.0223. The maximum atomic E-state index is 13.9. The molecule has 2 aromatic rings. The van der Waals surface area contributed by atoms with Crippen molar-refractivity contribution in [2.24, 2.45) is 0 Å². The van der Waals surface area contributed by atoms with E-state index in [1.807, 2.05) is 11.5 Å². The number of halogens is 3. The monoisotopic (exact) mass is 338 g/mol. The molecular formula is C16H17F3N4O.